The first kappa shape index (κ1) is 19.0. The Bertz CT molecular complexity index is 831. The highest BCUT2D eigenvalue weighted by atomic mass is 35.5. The zero-order valence-electron chi connectivity index (χ0n) is 14.7. The predicted molar refractivity (Wildman–Crippen MR) is 107 cm³/mol. The highest BCUT2D eigenvalue weighted by Crippen LogP contribution is 2.34. The van der Waals surface area contributed by atoms with Crippen LogP contribution in [0.25, 0.3) is 11.1 Å². The Morgan fingerprint density at radius 2 is 1.52 bits per heavy atom. The lowest BCUT2D eigenvalue weighted by atomic mass is 9.97. The van der Waals surface area contributed by atoms with Crippen molar-refractivity contribution in [2.75, 3.05) is 0 Å². The topological polar surface area (TPSA) is 35.2 Å². The van der Waals surface area contributed by atoms with Gasteiger partial charge in [0.1, 0.15) is 12.4 Å². The molecule has 0 unspecified atom stereocenters. The van der Waals surface area contributed by atoms with Crippen molar-refractivity contribution in [1.29, 1.82) is 0 Å². The number of ether oxygens (including phenoxy) is 1. The molecular weight excluding hydrogens is 330 g/mol. The van der Waals surface area contributed by atoms with Crippen molar-refractivity contribution in [2.45, 2.75) is 27.0 Å². The van der Waals surface area contributed by atoms with Crippen LogP contribution in [0.3, 0.4) is 0 Å². The molecular formula is C22H24ClNO. The number of rotatable bonds is 5. The van der Waals surface area contributed by atoms with Gasteiger partial charge in [0.2, 0.25) is 0 Å². The maximum Gasteiger partial charge on any atom is 0.127 e. The van der Waals surface area contributed by atoms with Gasteiger partial charge < -0.3 is 10.5 Å². The summed E-state index contributed by atoms with van der Waals surface area (Å²) in [7, 11) is 0. The second kappa shape index (κ2) is 8.70. The Morgan fingerprint density at radius 1 is 0.800 bits per heavy atom. The molecule has 3 heteroatoms. The van der Waals surface area contributed by atoms with E-state index in [1.54, 1.807) is 0 Å². The SMILES string of the molecule is Cc1ccc(-c2ccc(CN)cc2OCc2ccccc2)c(C)c1.Cl. The van der Waals surface area contributed by atoms with Crippen molar-refractivity contribution >= 4 is 12.4 Å². The van der Waals surface area contributed by atoms with Crippen LogP contribution in [0.1, 0.15) is 22.3 Å². The van der Waals surface area contributed by atoms with Crippen molar-refractivity contribution in [1.82, 2.24) is 0 Å². The van der Waals surface area contributed by atoms with E-state index < -0.39 is 0 Å². The van der Waals surface area contributed by atoms with Crippen LogP contribution in [-0.2, 0) is 13.2 Å². The van der Waals surface area contributed by atoms with E-state index in [-0.39, 0.29) is 12.4 Å². The normalized spacial score (nSPS) is 10.2. The van der Waals surface area contributed by atoms with E-state index in [1.807, 2.05) is 18.2 Å². The number of aryl methyl sites for hydroxylation is 2. The van der Waals surface area contributed by atoms with E-state index in [2.05, 4.69) is 62.4 Å². The molecule has 0 saturated carbocycles. The van der Waals surface area contributed by atoms with Gasteiger partial charge in [0, 0.05) is 12.1 Å². The van der Waals surface area contributed by atoms with E-state index in [0.29, 0.717) is 13.2 Å². The predicted octanol–water partition coefficient (Wildman–Crippen LogP) is 5.43. The fraction of sp³-hybridized carbons (Fsp3) is 0.182. The summed E-state index contributed by atoms with van der Waals surface area (Å²) < 4.78 is 6.15. The quantitative estimate of drug-likeness (QED) is 0.663. The molecule has 0 atom stereocenters. The second-order valence-corrected chi connectivity index (χ2v) is 6.13. The monoisotopic (exact) mass is 353 g/mol. The first-order valence-corrected chi connectivity index (χ1v) is 8.24. The van der Waals surface area contributed by atoms with Crippen LogP contribution in [0.4, 0.5) is 0 Å². The summed E-state index contributed by atoms with van der Waals surface area (Å²) in [5.74, 6) is 0.883. The number of nitrogens with two attached hydrogens (primary N) is 1. The van der Waals surface area contributed by atoms with Crippen molar-refractivity contribution in [3.8, 4) is 16.9 Å². The molecule has 0 heterocycles. The van der Waals surface area contributed by atoms with Crippen LogP contribution in [-0.4, -0.2) is 0 Å². The highest BCUT2D eigenvalue weighted by Gasteiger charge is 2.10. The summed E-state index contributed by atoms with van der Waals surface area (Å²) in [5.41, 5.74) is 12.9. The molecule has 130 valence electrons. The van der Waals surface area contributed by atoms with Crippen LogP contribution >= 0.6 is 12.4 Å². The third-order valence-electron chi connectivity index (χ3n) is 4.19. The van der Waals surface area contributed by atoms with Gasteiger partial charge in [-0.25, -0.2) is 0 Å². The molecule has 25 heavy (non-hydrogen) atoms. The third-order valence-corrected chi connectivity index (χ3v) is 4.19. The Kier molecular flexibility index (Phi) is 6.63. The Balaban J connectivity index is 0.00000225. The molecule has 0 aliphatic carbocycles. The van der Waals surface area contributed by atoms with Crippen LogP contribution in [0.5, 0.6) is 5.75 Å². The van der Waals surface area contributed by atoms with Gasteiger partial charge in [-0.05, 0) is 42.2 Å². The summed E-state index contributed by atoms with van der Waals surface area (Å²) in [4.78, 5) is 0. The van der Waals surface area contributed by atoms with E-state index in [4.69, 9.17) is 10.5 Å². The average molecular weight is 354 g/mol. The minimum atomic E-state index is 0. The number of benzene rings is 3. The standard InChI is InChI=1S/C22H23NO.ClH/c1-16-8-10-20(17(2)12-16)21-11-9-19(14-23)13-22(21)24-15-18-6-4-3-5-7-18;/h3-13H,14-15,23H2,1-2H3;1H. The number of hydrogen-bond acceptors (Lipinski definition) is 2. The average Bonchev–Trinajstić information content (AvgIpc) is 2.61. The van der Waals surface area contributed by atoms with Crippen LogP contribution in [0.15, 0.2) is 66.7 Å². The van der Waals surface area contributed by atoms with Crippen molar-refractivity contribution in [3.63, 3.8) is 0 Å². The molecule has 2 nitrogen and oxygen atoms in total. The van der Waals surface area contributed by atoms with E-state index >= 15 is 0 Å². The van der Waals surface area contributed by atoms with Crippen molar-refractivity contribution in [2.24, 2.45) is 5.73 Å². The minimum Gasteiger partial charge on any atom is -0.488 e. The molecule has 0 amide bonds. The Morgan fingerprint density at radius 3 is 2.20 bits per heavy atom. The summed E-state index contributed by atoms with van der Waals surface area (Å²) in [6.07, 6.45) is 0. The van der Waals surface area contributed by atoms with Gasteiger partial charge in [-0.2, -0.15) is 0 Å². The van der Waals surface area contributed by atoms with Gasteiger partial charge in [0.25, 0.3) is 0 Å². The first-order chi connectivity index (χ1) is 11.7. The Hall–Kier alpha value is -2.29. The number of halogens is 1. The van der Waals surface area contributed by atoms with E-state index in [0.717, 1.165) is 22.4 Å². The smallest absolute Gasteiger partial charge is 0.127 e. The van der Waals surface area contributed by atoms with Gasteiger partial charge in [-0.15, -0.1) is 12.4 Å². The van der Waals surface area contributed by atoms with Crippen molar-refractivity contribution < 1.29 is 4.74 Å². The molecule has 0 spiro atoms. The molecule has 0 saturated heterocycles. The maximum atomic E-state index is 6.15. The zero-order chi connectivity index (χ0) is 16.9. The lowest BCUT2D eigenvalue weighted by molar-refractivity contribution is 0.307. The molecule has 3 aromatic carbocycles. The van der Waals surface area contributed by atoms with Crippen molar-refractivity contribution in [3.05, 3.63) is 89.0 Å². The fourth-order valence-electron chi connectivity index (χ4n) is 2.89. The lowest BCUT2D eigenvalue weighted by Crippen LogP contribution is -2.01. The minimum absolute atomic E-state index is 0. The molecule has 0 aromatic heterocycles. The van der Waals surface area contributed by atoms with Gasteiger partial charge in [-0.1, -0.05) is 66.2 Å². The molecule has 2 N–H and O–H groups in total. The van der Waals surface area contributed by atoms with Crippen LogP contribution in [0, 0.1) is 13.8 Å². The molecule has 3 aromatic rings. The third kappa shape index (κ3) is 4.62. The van der Waals surface area contributed by atoms with Gasteiger partial charge in [-0.3, -0.25) is 0 Å². The summed E-state index contributed by atoms with van der Waals surface area (Å²) >= 11 is 0. The highest BCUT2D eigenvalue weighted by molar-refractivity contribution is 5.85. The van der Waals surface area contributed by atoms with E-state index in [9.17, 15) is 0 Å². The summed E-state index contributed by atoms with van der Waals surface area (Å²) in [5, 5.41) is 0. The zero-order valence-corrected chi connectivity index (χ0v) is 15.5. The Labute approximate surface area is 156 Å². The molecule has 3 rings (SSSR count). The fourth-order valence-corrected chi connectivity index (χ4v) is 2.89. The summed E-state index contributed by atoms with van der Waals surface area (Å²) in [6.45, 7) is 5.31. The summed E-state index contributed by atoms with van der Waals surface area (Å²) in [6, 6.07) is 23.0. The number of hydrogen-bond donors (Lipinski definition) is 1. The van der Waals surface area contributed by atoms with Crippen LogP contribution < -0.4 is 10.5 Å². The van der Waals surface area contributed by atoms with Gasteiger partial charge >= 0.3 is 0 Å². The largest absolute Gasteiger partial charge is 0.488 e. The molecule has 0 bridgehead atoms. The molecule has 0 aliphatic heterocycles. The first-order valence-electron chi connectivity index (χ1n) is 8.24. The molecule has 0 radical (unpaired) electrons. The van der Waals surface area contributed by atoms with Crippen LogP contribution in [0.2, 0.25) is 0 Å². The lowest BCUT2D eigenvalue weighted by Gasteiger charge is -2.15. The van der Waals surface area contributed by atoms with Gasteiger partial charge in [0.05, 0.1) is 0 Å². The van der Waals surface area contributed by atoms with Gasteiger partial charge in [0.15, 0.2) is 0 Å². The second-order valence-electron chi connectivity index (χ2n) is 6.13. The maximum absolute atomic E-state index is 6.15. The molecule has 0 fully saturated rings. The molecule has 0 aliphatic rings. The van der Waals surface area contributed by atoms with E-state index in [1.165, 1.54) is 16.7 Å².